The number of carbonyl (C=O) groups excluding carboxylic acids is 2. The Morgan fingerprint density at radius 1 is 1.27 bits per heavy atom. The highest BCUT2D eigenvalue weighted by Crippen LogP contribution is 2.29. The van der Waals surface area contributed by atoms with Crippen LogP contribution in [0, 0.1) is 11.8 Å². The maximum atomic E-state index is 12.1. The molecule has 0 radical (unpaired) electrons. The molecule has 2 atom stereocenters. The molecule has 126 valence electrons. The van der Waals surface area contributed by atoms with Gasteiger partial charge in [-0.15, -0.1) is 0 Å². The van der Waals surface area contributed by atoms with Crippen LogP contribution in [0.3, 0.4) is 0 Å². The predicted molar refractivity (Wildman–Crippen MR) is 85.5 cm³/mol. The van der Waals surface area contributed by atoms with Crippen molar-refractivity contribution in [2.24, 2.45) is 11.8 Å². The Labute approximate surface area is 133 Å². The van der Waals surface area contributed by atoms with E-state index in [4.69, 9.17) is 4.74 Å². The van der Waals surface area contributed by atoms with Crippen molar-refractivity contribution in [3.8, 4) is 0 Å². The van der Waals surface area contributed by atoms with Crippen molar-refractivity contribution in [2.45, 2.75) is 71.4 Å². The lowest BCUT2D eigenvalue weighted by atomic mass is 9.80. The number of amides is 2. The molecule has 2 fully saturated rings. The van der Waals surface area contributed by atoms with Crippen molar-refractivity contribution in [1.29, 1.82) is 0 Å². The molecule has 0 aromatic carbocycles. The number of rotatable bonds is 4. The van der Waals surface area contributed by atoms with Gasteiger partial charge in [0.05, 0.1) is 0 Å². The molecular weight excluding hydrogens is 280 g/mol. The number of ether oxygens (including phenoxy) is 1. The zero-order valence-electron chi connectivity index (χ0n) is 14.4. The summed E-state index contributed by atoms with van der Waals surface area (Å²) >= 11 is 0. The third kappa shape index (κ3) is 4.89. The average Bonchev–Trinajstić information content (AvgIpc) is 2.72. The lowest BCUT2D eigenvalue weighted by Gasteiger charge is -2.32. The maximum Gasteiger partial charge on any atom is 0.410 e. The molecular formula is C17H30N2O3. The third-order valence-corrected chi connectivity index (χ3v) is 4.66. The lowest BCUT2D eigenvalue weighted by Crippen LogP contribution is -2.41. The highest BCUT2D eigenvalue weighted by atomic mass is 16.6. The Kier molecular flexibility index (Phi) is 5.35. The predicted octanol–water partition coefficient (Wildman–Crippen LogP) is 2.94. The molecule has 1 heterocycles. The summed E-state index contributed by atoms with van der Waals surface area (Å²) in [7, 11) is 0. The number of likely N-dealkylation sites (tertiary alicyclic amines) is 1. The van der Waals surface area contributed by atoms with Crippen LogP contribution in [-0.2, 0) is 9.53 Å². The molecule has 1 aliphatic heterocycles. The summed E-state index contributed by atoms with van der Waals surface area (Å²) < 4.78 is 5.38. The van der Waals surface area contributed by atoms with Crippen LogP contribution in [0.15, 0.2) is 0 Å². The average molecular weight is 310 g/mol. The zero-order valence-corrected chi connectivity index (χ0v) is 14.4. The first-order valence-electron chi connectivity index (χ1n) is 8.52. The Balaban J connectivity index is 1.71. The number of nitrogens with one attached hydrogen (secondary N) is 1. The molecule has 2 aliphatic rings. The van der Waals surface area contributed by atoms with Crippen LogP contribution in [0.25, 0.3) is 0 Å². The molecule has 1 aliphatic carbocycles. The van der Waals surface area contributed by atoms with Crippen LogP contribution >= 0.6 is 0 Å². The Morgan fingerprint density at radius 3 is 2.50 bits per heavy atom. The lowest BCUT2D eigenvalue weighted by molar-refractivity contribution is -0.123. The smallest absolute Gasteiger partial charge is 0.410 e. The molecule has 2 amide bonds. The van der Waals surface area contributed by atoms with Gasteiger partial charge in [0.25, 0.3) is 0 Å². The standard InChI is InChI=1S/C17H30N2O3/c1-12(14-6-5-7-14)18-15(20)10-13-8-9-19(11-13)16(21)22-17(2,3)4/h12-14H,5-11H2,1-4H3,(H,18,20). The first kappa shape index (κ1) is 17.1. The molecule has 2 rings (SSSR count). The van der Waals surface area contributed by atoms with Crippen molar-refractivity contribution in [3.63, 3.8) is 0 Å². The van der Waals surface area contributed by atoms with Gasteiger partial charge in [-0.05, 0) is 58.8 Å². The summed E-state index contributed by atoms with van der Waals surface area (Å²) in [5, 5.41) is 3.12. The first-order valence-corrected chi connectivity index (χ1v) is 8.52. The van der Waals surface area contributed by atoms with Gasteiger partial charge < -0.3 is 15.0 Å². The second-order valence-corrected chi connectivity index (χ2v) is 7.83. The molecule has 22 heavy (non-hydrogen) atoms. The molecule has 0 spiro atoms. The minimum Gasteiger partial charge on any atom is -0.444 e. The highest BCUT2D eigenvalue weighted by Gasteiger charge is 2.31. The Hall–Kier alpha value is -1.26. The van der Waals surface area contributed by atoms with Crippen LogP contribution in [0.5, 0.6) is 0 Å². The van der Waals surface area contributed by atoms with Crippen LogP contribution in [0.1, 0.15) is 59.8 Å². The van der Waals surface area contributed by atoms with Gasteiger partial charge in [-0.2, -0.15) is 0 Å². The van der Waals surface area contributed by atoms with Crippen LogP contribution in [-0.4, -0.2) is 41.6 Å². The fraction of sp³-hybridized carbons (Fsp3) is 0.882. The van der Waals surface area contributed by atoms with Crippen LogP contribution < -0.4 is 5.32 Å². The number of hydrogen-bond donors (Lipinski definition) is 1. The van der Waals surface area contributed by atoms with Crippen molar-refractivity contribution >= 4 is 12.0 Å². The second-order valence-electron chi connectivity index (χ2n) is 7.83. The van der Waals surface area contributed by atoms with Gasteiger partial charge >= 0.3 is 6.09 Å². The van der Waals surface area contributed by atoms with Gasteiger partial charge in [0, 0.05) is 25.6 Å². The molecule has 2 unspecified atom stereocenters. The van der Waals surface area contributed by atoms with Crippen molar-refractivity contribution in [1.82, 2.24) is 10.2 Å². The largest absolute Gasteiger partial charge is 0.444 e. The molecule has 0 bridgehead atoms. The van der Waals surface area contributed by atoms with E-state index in [1.54, 1.807) is 4.90 Å². The molecule has 5 nitrogen and oxygen atoms in total. The summed E-state index contributed by atoms with van der Waals surface area (Å²) in [5.74, 6) is 1.03. The fourth-order valence-corrected chi connectivity index (χ4v) is 3.12. The molecule has 1 saturated carbocycles. The van der Waals surface area contributed by atoms with E-state index < -0.39 is 5.60 Å². The van der Waals surface area contributed by atoms with Crippen LogP contribution in [0.4, 0.5) is 4.79 Å². The van der Waals surface area contributed by atoms with E-state index in [0.717, 1.165) is 6.42 Å². The van der Waals surface area contributed by atoms with E-state index in [2.05, 4.69) is 12.2 Å². The van der Waals surface area contributed by atoms with E-state index in [1.165, 1.54) is 19.3 Å². The van der Waals surface area contributed by atoms with Crippen molar-refractivity contribution in [2.75, 3.05) is 13.1 Å². The molecule has 0 aromatic heterocycles. The minimum atomic E-state index is -0.468. The molecule has 1 N–H and O–H groups in total. The number of carbonyl (C=O) groups is 2. The maximum absolute atomic E-state index is 12.1. The highest BCUT2D eigenvalue weighted by molar-refractivity contribution is 5.77. The first-order chi connectivity index (χ1) is 10.2. The topological polar surface area (TPSA) is 58.6 Å². The second kappa shape index (κ2) is 6.88. The summed E-state index contributed by atoms with van der Waals surface area (Å²) in [6.07, 6.45) is 4.88. The van der Waals surface area contributed by atoms with Gasteiger partial charge in [0.15, 0.2) is 0 Å². The van der Waals surface area contributed by atoms with E-state index in [-0.39, 0.29) is 24.0 Å². The summed E-state index contributed by atoms with van der Waals surface area (Å²) in [5.41, 5.74) is -0.468. The van der Waals surface area contributed by atoms with Gasteiger partial charge in [-0.3, -0.25) is 4.79 Å². The van der Waals surface area contributed by atoms with Gasteiger partial charge in [0.1, 0.15) is 5.60 Å². The van der Waals surface area contributed by atoms with E-state index in [1.807, 2.05) is 20.8 Å². The summed E-state index contributed by atoms with van der Waals surface area (Å²) in [6, 6.07) is 0.282. The molecule has 0 aromatic rings. The van der Waals surface area contributed by atoms with E-state index >= 15 is 0 Å². The van der Waals surface area contributed by atoms with E-state index in [9.17, 15) is 9.59 Å². The monoisotopic (exact) mass is 310 g/mol. The summed E-state index contributed by atoms with van der Waals surface area (Å²) in [6.45, 7) is 9.02. The Bertz CT molecular complexity index is 413. The van der Waals surface area contributed by atoms with Crippen molar-refractivity contribution in [3.05, 3.63) is 0 Å². The normalized spacial score (nSPS) is 23.8. The molecule has 1 saturated heterocycles. The summed E-state index contributed by atoms with van der Waals surface area (Å²) in [4.78, 5) is 25.8. The fourth-order valence-electron chi connectivity index (χ4n) is 3.12. The van der Waals surface area contributed by atoms with E-state index in [0.29, 0.717) is 25.4 Å². The SMILES string of the molecule is CC(NC(=O)CC1CCN(C(=O)OC(C)(C)C)C1)C1CCC1. The van der Waals surface area contributed by atoms with Crippen molar-refractivity contribution < 1.29 is 14.3 Å². The number of hydrogen-bond acceptors (Lipinski definition) is 3. The number of nitrogens with zero attached hydrogens (tertiary/aromatic N) is 1. The zero-order chi connectivity index (χ0) is 16.3. The minimum absolute atomic E-state index is 0.121. The third-order valence-electron chi connectivity index (χ3n) is 4.66. The van der Waals surface area contributed by atoms with Crippen LogP contribution in [0.2, 0.25) is 0 Å². The van der Waals surface area contributed by atoms with Gasteiger partial charge in [-0.25, -0.2) is 4.79 Å². The van der Waals surface area contributed by atoms with Gasteiger partial charge in [0.2, 0.25) is 5.91 Å². The Morgan fingerprint density at radius 2 is 1.95 bits per heavy atom. The quantitative estimate of drug-likeness (QED) is 0.868. The van der Waals surface area contributed by atoms with Gasteiger partial charge in [-0.1, -0.05) is 6.42 Å². The molecule has 5 heteroatoms.